The van der Waals surface area contributed by atoms with E-state index in [1.54, 1.807) is 31.3 Å². The maximum Gasteiger partial charge on any atom is 0.191 e. The van der Waals surface area contributed by atoms with E-state index in [9.17, 15) is 8.42 Å². The molecule has 0 atom stereocenters. The summed E-state index contributed by atoms with van der Waals surface area (Å²) in [5.74, 6) is 1.41. The molecule has 8 heteroatoms. The minimum absolute atomic E-state index is 0.289. The Kier molecular flexibility index (Phi) is 8.12. The number of hydrogen-bond acceptors (Lipinski definition) is 5. The van der Waals surface area contributed by atoms with Gasteiger partial charge in [0.15, 0.2) is 15.8 Å². The Morgan fingerprint density at radius 1 is 1.33 bits per heavy atom. The third-order valence-corrected chi connectivity index (χ3v) is 5.58. The lowest BCUT2D eigenvalue weighted by molar-refractivity contribution is 0.225. The molecule has 1 fully saturated rings. The fourth-order valence-corrected chi connectivity index (χ4v) is 3.58. The predicted molar refractivity (Wildman–Crippen MR) is 109 cm³/mol. The molecule has 0 aromatic heterocycles. The highest BCUT2D eigenvalue weighted by Gasteiger charge is 2.18. The van der Waals surface area contributed by atoms with Crippen LogP contribution < -0.4 is 15.4 Å². The molecule has 0 unspecified atom stereocenters. The van der Waals surface area contributed by atoms with Crippen LogP contribution in [0, 0.1) is 0 Å². The van der Waals surface area contributed by atoms with Crippen LogP contribution in [-0.4, -0.2) is 71.4 Å². The number of nitrogens with zero attached hydrogens (tertiary/aromatic N) is 2. The Hall–Kier alpha value is -2.06. The predicted octanol–water partition coefficient (Wildman–Crippen LogP) is 1.28. The second-order valence-corrected chi connectivity index (χ2v) is 8.61. The zero-order valence-corrected chi connectivity index (χ0v) is 17.0. The molecule has 1 aromatic carbocycles. The van der Waals surface area contributed by atoms with E-state index in [2.05, 4.69) is 27.1 Å². The van der Waals surface area contributed by atoms with Crippen LogP contribution in [0.1, 0.15) is 12.8 Å². The van der Waals surface area contributed by atoms with Gasteiger partial charge >= 0.3 is 0 Å². The summed E-state index contributed by atoms with van der Waals surface area (Å²) in [4.78, 5) is 6.94. The van der Waals surface area contributed by atoms with Crippen molar-refractivity contribution in [2.75, 3.05) is 46.1 Å². The zero-order chi connectivity index (χ0) is 19.7. The molecule has 0 amide bonds. The number of aliphatic imine (C=N–C) groups is 1. The number of ether oxygens (including phenoxy) is 1. The molecule has 0 radical (unpaired) electrons. The summed E-state index contributed by atoms with van der Waals surface area (Å²) in [5.41, 5.74) is 0. The second kappa shape index (κ2) is 10.3. The number of benzene rings is 1. The Morgan fingerprint density at radius 3 is 2.56 bits per heavy atom. The molecule has 150 valence electrons. The zero-order valence-electron chi connectivity index (χ0n) is 16.1. The van der Waals surface area contributed by atoms with E-state index in [1.807, 2.05) is 6.08 Å². The molecule has 1 aromatic rings. The van der Waals surface area contributed by atoms with E-state index in [-0.39, 0.29) is 4.90 Å². The van der Waals surface area contributed by atoms with Crippen molar-refractivity contribution in [2.24, 2.45) is 4.99 Å². The van der Waals surface area contributed by atoms with Crippen molar-refractivity contribution in [3.63, 3.8) is 0 Å². The SMILES string of the molecule is C=CCN1CCC(NC(=NC)NCCOc2ccc(S(C)(=O)=O)cc2)CC1. The number of likely N-dealkylation sites (tertiary alicyclic amines) is 1. The van der Waals surface area contributed by atoms with E-state index < -0.39 is 9.84 Å². The molecule has 7 nitrogen and oxygen atoms in total. The van der Waals surface area contributed by atoms with Gasteiger partial charge in [0, 0.05) is 39.0 Å². The quantitative estimate of drug-likeness (QED) is 0.299. The molecule has 1 saturated heterocycles. The van der Waals surface area contributed by atoms with Gasteiger partial charge in [-0.15, -0.1) is 6.58 Å². The van der Waals surface area contributed by atoms with E-state index in [0.717, 1.165) is 38.4 Å². The van der Waals surface area contributed by atoms with Crippen molar-refractivity contribution in [1.29, 1.82) is 0 Å². The molecule has 1 heterocycles. The lowest BCUT2D eigenvalue weighted by Gasteiger charge is -2.32. The number of hydrogen-bond donors (Lipinski definition) is 2. The summed E-state index contributed by atoms with van der Waals surface area (Å²) in [6.45, 7) is 7.92. The fourth-order valence-electron chi connectivity index (χ4n) is 2.95. The van der Waals surface area contributed by atoms with Crippen LogP contribution in [0.3, 0.4) is 0 Å². The van der Waals surface area contributed by atoms with E-state index in [4.69, 9.17) is 4.74 Å². The van der Waals surface area contributed by atoms with Crippen LogP contribution in [0.15, 0.2) is 46.8 Å². The van der Waals surface area contributed by atoms with Gasteiger partial charge in [-0.25, -0.2) is 8.42 Å². The lowest BCUT2D eigenvalue weighted by atomic mass is 10.1. The minimum Gasteiger partial charge on any atom is -0.492 e. The largest absolute Gasteiger partial charge is 0.492 e. The second-order valence-electron chi connectivity index (χ2n) is 6.60. The molecule has 27 heavy (non-hydrogen) atoms. The Morgan fingerprint density at radius 2 is 2.00 bits per heavy atom. The van der Waals surface area contributed by atoms with E-state index in [0.29, 0.717) is 24.9 Å². The average Bonchev–Trinajstić information content (AvgIpc) is 2.65. The van der Waals surface area contributed by atoms with E-state index >= 15 is 0 Å². The van der Waals surface area contributed by atoms with Gasteiger partial charge in [-0.1, -0.05) is 6.08 Å². The number of rotatable bonds is 8. The summed E-state index contributed by atoms with van der Waals surface area (Å²) < 4.78 is 28.5. The normalized spacial score (nSPS) is 16.7. The van der Waals surface area contributed by atoms with Crippen molar-refractivity contribution in [2.45, 2.75) is 23.8 Å². The number of sulfone groups is 1. The first-order valence-corrected chi connectivity index (χ1v) is 11.0. The highest BCUT2D eigenvalue weighted by atomic mass is 32.2. The number of nitrogens with one attached hydrogen (secondary N) is 2. The summed E-state index contributed by atoms with van der Waals surface area (Å²) in [6, 6.07) is 6.86. The Bertz CT molecular complexity index is 724. The molecular formula is C19H30N4O3S. The van der Waals surface area contributed by atoms with Crippen LogP contribution in [0.5, 0.6) is 5.75 Å². The van der Waals surface area contributed by atoms with Crippen LogP contribution in [-0.2, 0) is 9.84 Å². The molecule has 0 bridgehead atoms. The Labute approximate surface area is 162 Å². The summed E-state index contributed by atoms with van der Waals surface area (Å²) >= 11 is 0. The molecule has 0 saturated carbocycles. The molecule has 1 aliphatic heterocycles. The molecule has 0 aliphatic carbocycles. The van der Waals surface area contributed by atoms with Crippen molar-refractivity contribution < 1.29 is 13.2 Å². The maximum atomic E-state index is 11.4. The van der Waals surface area contributed by atoms with Gasteiger partial charge in [0.1, 0.15) is 12.4 Å². The topological polar surface area (TPSA) is 83.0 Å². The number of piperidine rings is 1. The van der Waals surface area contributed by atoms with Gasteiger partial charge in [-0.05, 0) is 37.1 Å². The van der Waals surface area contributed by atoms with Crippen LogP contribution >= 0.6 is 0 Å². The van der Waals surface area contributed by atoms with Gasteiger partial charge in [-0.2, -0.15) is 0 Å². The van der Waals surface area contributed by atoms with Gasteiger partial charge < -0.3 is 15.4 Å². The summed E-state index contributed by atoms with van der Waals surface area (Å²) in [7, 11) is -1.42. The van der Waals surface area contributed by atoms with Crippen LogP contribution in [0.2, 0.25) is 0 Å². The van der Waals surface area contributed by atoms with Crippen molar-refractivity contribution in [3.8, 4) is 5.75 Å². The van der Waals surface area contributed by atoms with Crippen molar-refractivity contribution in [3.05, 3.63) is 36.9 Å². The van der Waals surface area contributed by atoms with Crippen LogP contribution in [0.4, 0.5) is 0 Å². The highest BCUT2D eigenvalue weighted by molar-refractivity contribution is 7.90. The van der Waals surface area contributed by atoms with Crippen molar-refractivity contribution >= 4 is 15.8 Å². The molecule has 2 N–H and O–H groups in total. The minimum atomic E-state index is -3.18. The third kappa shape index (κ3) is 7.22. The smallest absolute Gasteiger partial charge is 0.191 e. The van der Waals surface area contributed by atoms with Gasteiger partial charge in [0.2, 0.25) is 0 Å². The summed E-state index contributed by atoms with van der Waals surface area (Å²) in [5, 5.41) is 6.70. The van der Waals surface area contributed by atoms with E-state index in [1.165, 1.54) is 6.26 Å². The monoisotopic (exact) mass is 394 g/mol. The molecule has 1 aliphatic rings. The Balaban J connectivity index is 1.68. The highest BCUT2D eigenvalue weighted by Crippen LogP contribution is 2.15. The lowest BCUT2D eigenvalue weighted by Crippen LogP contribution is -2.49. The van der Waals surface area contributed by atoms with Crippen molar-refractivity contribution in [1.82, 2.24) is 15.5 Å². The first kappa shape index (κ1) is 21.2. The summed E-state index contributed by atoms with van der Waals surface area (Å²) in [6.07, 6.45) is 5.30. The third-order valence-electron chi connectivity index (χ3n) is 4.45. The molecule has 2 rings (SSSR count). The fraction of sp³-hybridized carbons (Fsp3) is 0.526. The van der Waals surface area contributed by atoms with Crippen LogP contribution in [0.25, 0.3) is 0 Å². The first-order valence-electron chi connectivity index (χ1n) is 9.15. The van der Waals surface area contributed by atoms with Gasteiger partial charge in [0.05, 0.1) is 11.4 Å². The standard InChI is InChI=1S/C19H30N4O3S/c1-4-12-23-13-9-16(10-14-23)22-19(20-2)21-11-15-26-17-5-7-18(8-6-17)27(3,24)25/h4-8,16H,1,9-15H2,2-3H3,(H2,20,21,22). The average molecular weight is 395 g/mol. The number of guanidine groups is 1. The van der Waals surface area contributed by atoms with Gasteiger partial charge in [0.25, 0.3) is 0 Å². The first-order chi connectivity index (χ1) is 12.9. The van der Waals surface area contributed by atoms with Gasteiger partial charge in [-0.3, -0.25) is 9.89 Å². The molecule has 0 spiro atoms. The maximum absolute atomic E-state index is 11.4. The molecular weight excluding hydrogens is 364 g/mol.